The van der Waals surface area contributed by atoms with E-state index in [4.69, 9.17) is 0 Å². The van der Waals surface area contributed by atoms with Crippen molar-refractivity contribution in [3.63, 3.8) is 0 Å². The fourth-order valence-corrected chi connectivity index (χ4v) is 1.73. The molecule has 13 heavy (non-hydrogen) atoms. The first kappa shape index (κ1) is 10.3. The summed E-state index contributed by atoms with van der Waals surface area (Å²) in [6.45, 7) is 10.5. The highest BCUT2D eigenvalue weighted by Crippen LogP contribution is 2.29. The van der Waals surface area contributed by atoms with Gasteiger partial charge in [0.05, 0.1) is 0 Å². The van der Waals surface area contributed by atoms with Gasteiger partial charge in [-0.2, -0.15) is 0 Å². The Morgan fingerprint density at radius 3 is 2.85 bits per heavy atom. The van der Waals surface area contributed by atoms with Crippen molar-refractivity contribution in [3.05, 3.63) is 35.5 Å². The van der Waals surface area contributed by atoms with Gasteiger partial charge in [0.1, 0.15) is 0 Å². The lowest BCUT2D eigenvalue weighted by Crippen LogP contribution is -2.04. The summed E-state index contributed by atoms with van der Waals surface area (Å²) < 4.78 is 0. The number of hydrogen-bond acceptors (Lipinski definition) is 0. The summed E-state index contributed by atoms with van der Waals surface area (Å²) in [6, 6.07) is 0. The summed E-state index contributed by atoms with van der Waals surface area (Å²) in [4.78, 5) is 0. The minimum absolute atomic E-state index is 0.855. The summed E-state index contributed by atoms with van der Waals surface area (Å²) in [5.74, 6) is 0.855. The Morgan fingerprint density at radius 1 is 1.54 bits per heavy atom. The zero-order valence-corrected chi connectivity index (χ0v) is 9.06. The molecule has 0 radical (unpaired) electrons. The van der Waals surface area contributed by atoms with Crippen LogP contribution in [0.4, 0.5) is 0 Å². The molecular formula is C13H20. The molecule has 0 bridgehead atoms. The molecule has 0 aromatic heterocycles. The van der Waals surface area contributed by atoms with Crippen molar-refractivity contribution in [2.24, 2.45) is 5.92 Å². The molecule has 0 aliphatic heterocycles. The van der Waals surface area contributed by atoms with Crippen LogP contribution in [0.25, 0.3) is 0 Å². The molecule has 1 aliphatic carbocycles. The van der Waals surface area contributed by atoms with Gasteiger partial charge >= 0.3 is 0 Å². The first-order chi connectivity index (χ1) is 6.09. The molecule has 0 fully saturated rings. The van der Waals surface area contributed by atoms with Crippen LogP contribution in [-0.4, -0.2) is 0 Å². The van der Waals surface area contributed by atoms with Gasteiger partial charge in [0.25, 0.3) is 0 Å². The molecule has 0 saturated carbocycles. The van der Waals surface area contributed by atoms with Gasteiger partial charge in [-0.3, -0.25) is 0 Å². The van der Waals surface area contributed by atoms with E-state index in [0.717, 1.165) is 11.5 Å². The Balaban J connectivity index is 2.71. The second-order valence-corrected chi connectivity index (χ2v) is 4.33. The van der Waals surface area contributed by atoms with E-state index in [2.05, 4.69) is 32.6 Å². The third kappa shape index (κ3) is 3.22. The van der Waals surface area contributed by atoms with Crippen LogP contribution >= 0.6 is 0 Å². The van der Waals surface area contributed by atoms with Gasteiger partial charge < -0.3 is 0 Å². The van der Waals surface area contributed by atoms with Gasteiger partial charge in [0.2, 0.25) is 0 Å². The minimum Gasteiger partial charge on any atom is -0.0961 e. The predicted octanol–water partition coefficient (Wildman–Crippen LogP) is 4.26. The molecule has 0 heterocycles. The summed E-state index contributed by atoms with van der Waals surface area (Å²) >= 11 is 0. The lowest BCUT2D eigenvalue weighted by Gasteiger charge is -2.21. The Kier molecular flexibility index (Phi) is 3.53. The first-order valence-corrected chi connectivity index (χ1v) is 5.12. The smallest absolute Gasteiger partial charge is 0.0253 e. The Morgan fingerprint density at radius 2 is 2.23 bits per heavy atom. The maximum atomic E-state index is 3.87. The van der Waals surface area contributed by atoms with Crippen LogP contribution in [0, 0.1) is 5.92 Å². The number of rotatable bonds is 2. The van der Waals surface area contributed by atoms with Gasteiger partial charge in [-0.25, -0.2) is 0 Å². The molecule has 1 rings (SSSR count). The topological polar surface area (TPSA) is 0 Å². The van der Waals surface area contributed by atoms with E-state index in [1.165, 1.54) is 24.8 Å². The minimum atomic E-state index is 0.855. The quantitative estimate of drug-likeness (QED) is 0.552. The third-order valence-corrected chi connectivity index (χ3v) is 2.70. The fourth-order valence-electron chi connectivity index (χ4n) is 1.73. The number of hydrogen-bond donors (Lipinski definition) is 0. The molecule has 72 valence electrons. The lowest BCUT2D eigenvalue weighted by molar-refractivity contribution is 0.502. The Labute approximate surface area is 82.0 Å². The Bertz CT molecular complexity index is 253. The molecule has 0 aromatic rings. The average molecular weight is 176 g/mol. The van der Waals surface area contributed by atoms with Crippen molar-refractivity contribution in [3.8, 4) is 0 Å². The SMILES string of the molecule is C=C(C)/C=C\C1=C(C)CCC(C)C1. The molecular weight excluding hydrogens is 156 g/mol. The van der Waals surface area contributed by atoms with E-state index in [9.17, 15) is 0 Å². The average Bonchev–Trinajstić information content (AvgIpc) is 2.06. The second-order valence-electron chi connectivity index (χ2n) is 4.33. The maximum absolute atomic E-state index is 3.87. The summed E-state index contributed by atoms with van der Waals surface area (Å²) in [5, 5.41) is 0. The van der Waals surface area contributed by atoms with Crippen LogP contribution in [-0.2, 0) is 0 Å². The van der Waals surface area contributed by atoms with E-state index in [0.29, 0.717) is 0 Å². The van der Waals surface area contributed by atoms with Gasteiger partial charge in [-0.1, -0.05) is 36.8 Å². The van der Waals surface area contributed by atoms with Gasteiger partial charge in [-0.15, -0.1) is 0 Å². The molecule has 0 saturated heterocycles. The third-order valence-electron chi connectivity index (χ3n) is 2.70. The second kappa shape index (κ2) is 4.45. The molecule has 1 unspecified atom stereocenters. The van der Waals surface area contributed by atoms with Crippen molar-refractivity contribution in [2.75, 3.05) is 0 Å². The highest BCUT2D eigenvalue weighted by atomic mass is 14.2. The molecule has 1 aliphatic rings. The Hall–Kier alpha value is -0.780. The highest BCUT2D eigenvalue weighted by Gasteiger charge is 2.12. The van der Waals surface area contributed by atoms with Crippen LogP contribution in [0.1, 0.15) is 40.0 Å². The molecule has 0 aromatic carbocycles. The highest BCUT2D eigenvalue weighted by molar-refractivity contribution is 5.30. The van der Waals surface area contributed by atoms with Crippen LogP contribution in [0.5, 0.6) is 0 Å². The van der Waals surface area contributed by atoms with Crippen molar-refractivity contribution in [1.82, 2.24) is 0 Å². The van der Waals surface area contributed by atoms with Crippen LogP contribution < -0.4 is 0 Å². The number of allylic oxidation sites excluding steroid dienone is 5. The van der Waals surface area contributed by atoms with Crippen molar-refractivity contribution in [1.29, 1.82) is 0 Å². The molecule has 0 heteroatoms. The molecule has 0 amide bonds. The van der Waals surface area contributed by atoms with Gasteiger partial charge in [0, 0.05) is 0 Å². The predicted molar refractivity (Wildman–Crippen MR) is 59.7 cm³/mol. The first-order valence-electron chi connectivity index (χ1n) is 5.12. The van der Waals surface area contributed by atoms with Crippen LogP contribution in [0.15, 0.2) is 35.5 Å². The summed E-state index contributed by atoms with van der Waals surface area (Å²) in [7, 11) is 0. The molecule has 1 atom stereocenters. The monoisotopic (exact) mass is 176 g/mol. The maximum Gasteiger partial charge on any atom is -0.0253 e. The van der Waals surface area contributed by atoms with Crippen LogP contribution in [0.3, 0.4) is 0 Å². The van der Waals surface area contributed by atoms with Gasteiger partial charge in [-0.05, 0) is 44.6 Å². The van der Waals surface area contributed by atoms with E-state index >= 15 is 0 Å². The van der Waals surface area contributed by atoms with Crippen molar-refractivity contribution < 1.29 is 0 Å². The molecule has 0 nitrogen and oxygen atoms in total. The standard InChI is InChI=1S/C13H20/c1-10(2)5-8-13-9-11(3)6-7-12(13)4/h5,8,11H,1,6-7,9H2,2-4H3/b8-5-. The van der Waals surface area contributed by atoms with Crippen molar-refractivity contribution in [2.45, 2.75) is 40.0 Å². The zero-order valence-electron chi connectivity index (χ0n) is 9.06. The van der Waals surface area contributed by atoms with Gasteiger partial charge in [0.15, 0.2) is 0 Å². The molecule has 0 N–H and O–H groups in total. The largest absolute Gasteiger partial charge is 0.0961 e. The lowest BCUT2D eigenvalue weighted by atomic mass is 9.85. The van der Waals surface area contributed by atoms with E-state index in [1.807, 2.05) is 6.92 Å². The summed E-state index contributed by atoms with van der Waals surface area (Å²) in [6.07, 6.45) is 8.24. The van der Waals surface area contributed by atoms with E-state index < -0.39 is 0 Å². The zero-order chi connectivity index (χ0) is 9.84. The summed E-state index contributed by atoms with van der Waals surface area (Å²) in [5.41, 5.74) is 4.23. The van der Waals surface area contributed by atoms with Crippen LogP contribution in [0.2, 0.25) is 0 Å². The van der Waals surface area contributed by atoms with E-state index in [1.54, 1.807) is 5.57 Å². The normalized spacial score (nSPS) is 24.1. The molecule has 0 spiro atoms. The van der Waals surface area contributed by atoms with Crippen molar-refractivity contribution >= 4 is 0 Å². The fraction of sp³-hybridized carbons (Fsp3) is 0.538. The van der Waals surface area contributed by atoms with E-state index in [-0.39, 0.29) is 0 Å².